The van der Waals surface area contributed by atoms with E-state index < -0.39 is 17.6 Å². The van der Waals surface area contributed by atoms with Crippen molar-refractivity contribution in [2.45, 2.75) is 19.3 Å². The van der Waals surface area contributed by atoms with Gasteiger partial charge in [0, 0.05) is 18.4 Å². The van der Waals surface area contributed by atoms with Gasteiger partial charge < -0.3 is 0 Å². The standard InChI is InChI=1S/C12H11F2NO2/c13-9-3-1-7(10(14)6-9)5-8-2-4-11(16)15-12(8)17/h1,3,6,8H,2,4-5H2,(H,15,16,17). The van der Waals surface area contributed by atoms with Gasteiger partial charge >= 0.3 is 0 Å². The van der Waals surface area contributed by atoms with E-state index in [-0.39, 0.29) is 24.7 Å². The van der Waals surface area contributed by atoms with Crippen molar-refractivity contribution < 1.29 is 18.4 Å². The molecule has 5 heteroatoms. The minimum Gasteiger partial charge on any atom is -0.296 e. The van der Waals surface area contributed by atoms with Crippen LogP contribution >= 0.6 is 0 Å². The third-order valence-corrected chi connectivity index (χ3v) is 2.83. The molecule has 3 nitrogen and oxygen atoms in total. The molecule has 1 fully saturated rings. The number of nitrogens with one attached hydrogen (secondary N) is 1. The summed E-state index contributed by atoms with van der Waals surface area (Å²) < 4.78 is 26.1. The normalized spacial score (nSPS) is 20.2. The number of carbonyl (C=O) groups excluding carboxylic acids is 2. The molecule has 1 atom stereocenters. The predicted octanol–water partition coefficient (Wildman–Crippen LogP) is 1.56. The summed E-state index contributed by atoms with van der Waals surface area (Å²) in [5.41, 5.74) is 0.292. The second kappa shape index (κ2) is 4.61. The first-order valence-electron chi connectivity index (χ1n) is 5.34. The highest BCUT2D eigenvalue weighted by molar-refractivity contribution is 5.98. The van der Waals surface area contributed by atoms with Gasteiger partial charge in [-0.05, 0) is 24.5 Å². The first-order chi connectivity index (χ1) is 8.06. The Morgan fingerprint density at radius 1 is 1.29 bits per heavy atom. The van der Waals surface area contributed by atoms with E-state index in [2.05, 4.69) is 5.32 Å². The van der Waals surface area contributed by atoms with Crippen LogP contribution < -0.4 is 5.32 Å². The summed E-state index contributed by atoms with van der Waals surface area (Å²) in [6, 6.07) is 3.28. The van der Waals surface area contributed by atoms with Crippen LogP contribution in [-0.2, 0) is 16.0 Å². The van der Waals surface area contributed by atoms with E-state index in [1.165, 1.54) is 6.07 Å². The Kier molecular flexibility index (Phi) is 3.17. The lowest BCUT2D eigenvalue weighted by Crippen LogP contribution is -2.41. The van der Waals surface area contributed by atoms with Crippen molar-refractivity contribution in [1.82, 2.24) is 5.32 Å². The first kappa shape index (κ1) is 11.7. The molecular formula is C12H11F2NO2. The SMILES string of the molecule is O=C1CCC(Cc2ccc(F)cc2F)C(=O)N1. The quantitative estimate of drug-likeness (QED) is 0.796. The van der Waals surface area contributed by atoms with Gasteiger partial charge in [-0.15, -0.1) is 0 Å². The van der Waals surface area contributed by atoms with Crippen LogP contribution in [0.4, 0.5) is 8.78 Å². The molecular weight excluding hydrogens is 228 g/mol. The molecule has 1 unspecified atom stereocenters. The Labute approximate surface area is 96.8 Å². The molecule has 90 valence electrons. The van der Waals surface area contributed by atoms with Gasteiger partial charge in [0.2, 0.25) is 11.8 Å². The third-order valence-electron chi connectivity index (χ3n) is 2.83. The highest BCUT2D eigenvalue weighted by Gasteiger charge is 2.27. The maximum atomic E-state index is 13.4. The number of imide groups is 1. The largest absolute Gasteiger partial charge is 0.296 e. The van der Waals surface area contributed by atoms with Gasteiger partial charge in [-0.1, -0.05) is 6.07 Å². The zero-order valence-electron chi connectivity index (χ0n) is 9.00. The molecule has 2 amide bonds. The Bertz CT molecular complexity index is 474. The molecule has 1 aromatic carbocycles. The van der Waals surface area contributed by atoms with Gasteiger partial charge in [-0.25, -0.2) is 8.78 Å². The molecule has 1 N–H and O–H groups in total. The Hall–Kier alpha value is -1.78. The lowest BCUT2D eigenvalue weighted by atomic mass is 9.91. The van der Waals surface area contributed by atoms with E-state index in [0.29, 0.717) is 12.0 Å². The van der Waals surface area contributed by atoms with E-state index in [4.69, 9.17) is 0 Å². The number of carbonyl (C=O) groups is 2. The topological polar surface area (TPSA) is 46.2 Å². The number of benzene rings is 1. The van der Waals surface area contributed by atoms with Crippen LogP contribution in [0.3, 0.4) is 0 Å². The fourth-order valence-corrected chi connectivity index (χ4v) is 1.89. The fraction of sp³-hybridized carbons (Fsp3) is 0.333. The Balaban J connectivity index is 2.10. The van der Waals surface area contributed by atoms with Crippen molar-refractivity contribution in [3.05, 3.63) is 35.4 Å². The van der Waals surface area contributed by atoms with Crippen molar-refractivity contribution in [2.24, 2.45) is 5.92 Å². The van der Waals surface area contributed by atoms with Gasteiger partial charge in [0.25, 0.3) is 0 Å². The predicted molar refractivity (Wildman–Crippen MR) is 55.9 cm³/mol. The smallest absolute Gasteiger partial charge is 0.230 e. The monoisotopic (exact) mass is 239 g/mol. The van der Waals surface area contributed by atoms with Gasteiger partial charge in [0.1, 0.15) is 11.6 Å². The molecule has 1 saturated heterocycles. The van der Waals surface area contributed by atoms with Gasteiger partial charge in [-0.3, -0.25) is 14.9 Å². The van der Waals surface area contributed by atoms with Crippen LogP contribution in [0.15, 0.2) is 18.2 Å². The summed E-state index contributed by atoms with van der Waals surface area (Å²) in [6.45, 7) is 0. The van der Waals surface area contributed by atoms with Crippen LogP contribution in [0, 0.1) is 17.6 Å². The van der Waals surface area contributed by atoms with Crippen molar-refractivity contribution in [3.8, 4) is 0 Å². The summed E-state index contributed by atoms with van der Waals surface area (Å²) in [5.74, 6) is -2.41. The van der Waals surface area contributed by atoms with Crippen LogP contribution in [-0.4, -0.2) is 11.8 Å². The molecule has 1 aromatic rings. The van der Waals surface area contributed by atoms with E-state index in [0.717, 1.165) is 12.1 Å². The average molecular weight is 239 g/mol. The van der Waals surface area contributed by atoms with Crippen LogP contribution in [0.2, 0.25) is 0 Å². The molecule has 0 aromatic heterocycles. The minimum absolute atomic E-state index is 0.186. The van der Waals surface area contributed by atoms with Crippen molar-refractivity contribution in [3.63, 3.8) is 0 Å². The molecule has 0 saturated carbocycles. The number of hydrogen-bond acceptors (Lipinski definition) is 2. The third kappa shape index (κ3) is 2.67. The summed E-state index contributed by atoms with van der Waals surface area (Å²) in [6.07, 6.45) is 0.853. The summed E-state index contributed by atoms with van der Waals surface area (Å²) in [4.78, 5) is 22.4. The number of amides is 2. The van der Waals surface area contributed by atoms with Crippen molar-refractivity contribution >= 4 is 11.8 Å². The van der Waals surface area contributed by atoms with Gasteiger partial charge in [0.05, 0.1) is 0 Å². The molecule has 0 spiro atoms. The molecule has 1 heterocycles. The van der Waals surface area contributed by atoms with Crippen LogP contribution in [0.5, 0.6) is 0 Å². The minimum atomic E-state index is -0.658. The summed E-state index contributed by atoms with van der Waals surface area (Å²) in [7, 11) is 0. The molecule has 0 aliphatic carbocycles. The van der Waals surface area contributed by atoms with E-state index >= 15 is 0 Å². The Morgan fingerprint density at radius 3 is 2.71 bits per heavy atom. The van der Waals surface area contributed by atoms with Gasteiger partial charge in [-0.2, -0.15) is 0 Å². The first-order valence-corrected chi connectivity index (χ1v) is 5.34. The van der Waals surface area contributed by atoms with Crippen molar-refractivity contribution in [1.29, 1.82) is 0 Å². The molecule has 1 aliphatic heterocycles. The average Bonchev–Trinajstić information content (AvgIpc) is 2.25. The lowest BCUT2D eigenvalue weighted by Gasteiger charge is -2.20. The molecule has 17 heavy (non-hydrogen) atoms. The van der Waals surface area contributed by atoms with Crippen LogP contribution in [0.25, 0.3) is 0 Å². The van der Waals surface area contributed by atoms with E-state index in [9.17, 15) is 18.4 Å². The molecule has 0 bridgehead atoms. The highest BCUT2D eigenvalue weighted by atomic mass is 19.1. The second-order valence-corrected chi connectivity index (χ2v) is 4.09. The fourth-order valence-electron chi connectivity index (χ4n) is 1.89. The zero-order chi connectivity index (χ0) is 12.4. The molecule has 2 rings (SSSR count). The second-order valence-electron chi connectivity index (χ2n) is 4.09. The lowest BCUT2D eigenvalue weighted by molar-refractivity contribution is -0.136. The van der Waals surface area contributed by atoms with E-state index in [1.54, 1.807) is 0 Å². The number of piperidine rings is 1. The maximum absolute atomic E-state index is 13.4. The molecule has 1 aliphatic rings. The summed E-state index contributed by atoms with van der Waals surface area (Å²) >= 11 is 0. The van der Waals surface area contributed by atoms with E-state index in [1.807, 2.05) is 0 Å². The highest BCUT2D eigenvalue weighted by Crippen LogP contribution is 2.20. The summed E-state index contributed by atoms with van der Waals surface area (Å²) in [5, 5.41) is 2.21. The van der Waals surface area contributed by atoms with Crippen LogP contribution in [0.1, 0.15) is 18.4 Å². The molecule has 0 radical (unpaired) electrons. The number of rotatable bonds is 2. The van der Waals surface area contributed by atoms with Crippen molar-refractivity contribution in [2.75, 3.05) is 0 Å². The number of halogens is 2. The zero-order valence-corrected chi connectivity index (χ0v) is 9.00. The Morgan fingerprint density at radius 2 is 2.06 bits per heavy atom. The maximum Gasteiger partial charge on any atom is 0.230 e. The number of hydrogen-bond donors (Lipinski definition) is 1. The van der Waals surface area contributed by atoms with Gasteiger partial charge in [0.15, 0.2) is 0 Å².